The van der Waals surface area contributed by atoms with Crippen molar-refractivity contribution in [1.29, 1.82) is 0 Å². The van der Waals surface area contributed by atoms with Gasteiger partial charge >= 0.3 is 13.8 Å². The number of aryl methyl sites for hydroxylation is 1. The molecule has 0 aliphatic carbocycles. The summed E-state index contributed by atoms with van der Waals surface area (Å²) in [6.45, 7) is 1.42. The molecule has 1 rings (SSSR count). The van der Waals surface area contributed by atoms with Gasteiger partial charge in [0, 0.05) is 30.4 Å². The van der Waals surface area contributed by atoms with Gasteiger partial charge in [-0.25, -0.2) is 4.57 Å². The zero-order valence-corrected chi connectivity index (χ0v) is 14.9. The second-order valence-corrected chi connectivity index (χ2v) is 6.38. The molecule has 0 saturated heterocycles. The lowest BCUT2D eigenvalue weighted by Crippen LogP contribution is -2.34. The number of aromatic hydroxyl groups is 1. The van der Waals surface area contributed by atoms with Gasteiger partial charge < -0.3 is 30.5 Å². The van der Waals surface area contributed by atoms with Gasteiger partial charge in [-0.1, -0.05) is 0 Å². The molecule has 26 heavy (non-hydrogen) atoms. The number of nitrogens with zero attached hydrogens (tertiary/aromatic N) is 1. The molecule has 0 spiro atoms. The molecule has 1 aromatic rings. The smallest absolute Gasteiger partial charge is 0.469 e. The Balaban J connectivity index is 2.91. The van der Waals surface area contributed by atoms with Crippen molar-refractivity contribution in [1.82, 2.24) is 10.3 Å². The normalized spacial score (nSPS) is 13.1. The molecule has 0 amide bonds. The van der Waals surface area contributed by atoms with Crippen molar-refractivity contribution in [2.24, 2.45) is 5.73 Å². The maximum Gasteiger partial charge on any atom is 0.469 e. The average Bonchev–Trinajstić information content (AvgIpc) is 2.55. The highest BCUT2D eigenvalue weighted by Gasteiger charge is 2.20. The second kappa shape index (κ2) is 10.2. The van der Waals surface area contributed by atoms with E-state index in [2.05, 4.69) is 14.8 Å². The van der Waals surface area contributed by atoms with Gasteiger partial charge in [0.15, 0.2) is 0 Å². The van der Waals surface area contributed by atoms with Crippen molar-refractivity contribution in [2.75, 3.05) is 13.2 Å². The van der Waals surface area contributed by atoms with Crippen LogP contribution < -0.4 is 11.1 Å². The summed E-state index contributed by atoms with van der Waals surface area (Å²) < 4.78 is 20.3. The van der Waals surface area contributed by atoms with Crippen LogP contribution in [0.5, 0.6) is 5.75 Å². The lowest BCUT2D eigenvalue weighted by atomic mass is 10.1. The third kappa shape index (κ3) is 7.48. The molecule has 0 aliphatic rings. The van der Waals surface area contributed by atoms with Gasteiger partial charge in [-0.2, -0.15) is 0 Å². The predicted molar refractivity (Wildman–Crippen MR) is 89.9 cm³/mol. The van der Waals surface area contributed by atoms with Crippen molar-refractivity contribution < 1.29 is 38.6 Å². The number of rotatable bonds is 11. The van der Waals surface area contributed by atoms with Crippen LogP contribution in [0.4, 0.5) is 0 Å². The van der Waals surface area contributed by atoms with E-state index in [0.717, 1.165) is 0 Å². The van der Waals surface area contributed by atoms with Crippen LogP contribution in [0.15, 0.2) is 18.5 Å². The fraction of sp³-hybridized carbons (Fsp3) is 0.429. The standard InChI is InChI=1S/C14H22N3O8P/c1-9-13(18)11(10(6-16-9)8-25-26(21,22)23)7-17-12(14(19)20)2-4-24-5-3-15/h2,4,6,12,17-18H,3,5,7-8,15H2,1H3,(H,19,20)(H2,21,22,23). The molecule has 0 aromatic carbocycles. The Hall–Kier alpha value is -2.01. The summed E-state index contributed by atoms with van der Waals surface area (Å²) in [5.74, 6) is -1.41. The number of phosphoric ester groups is 1. The third-order valence-corrected chi connectivity index (χ3v) is 3.65. The number of nitrogens with two attached hydrogens (primary N) is 1. The fourth-order valence-electron chi connectivity index (χ4n) is 1.88. The summed E-state index contributed by atoms with van der Waals surface area (Å²) in [5, 5.41) is 22.0. The SMILES string of the molecule is Cc1ncc(COP(=O)(O)O)c(CNC(C=COCCN)C(=O)O)c1O. The minimum absolute atomic E-state index is 0.118. The molecule has 11 nitrogen and oxygen atoms in total. The monoisotopic (exact) mass is 391 g/mol. The van der Waals surface area contributed by atoms with Gasteiger partial charge in [-0.3, -0.25) is 19.6 Å². The van der Waals surface area contributed by atoms with Crippen molar-refractivity contribution >= 4 is 13.8 Å². The molecule has 7 N–H and O–H groups in total. The minimum atomic E-state index is -4.72. The predicted octanol–water partition coefficient (Wildman–Crippen LogP) is -0.263. The zero-order chi connectivity index (χ0) is 19.7. The highest BCUT2D eigenvalue weighted by Crippen LogP contribution is 2.38. The van der Waals surface area contributed by atoms with Crippen LogP contribution in [-0.4, -0.2) is 50.1 Å². The van der Waals surface area contributed by atoms with Crippen LogP contribution in [0.1, 0.15) is 16.8 Å². The fourth-order valence-corrected chi connectivity index (χ4v) is 2.19. The van der Waals surface area contributed by atoms with Gasteiger partial charge in [0.25, 0.3) is 0 Å². The number of aliphatic carboxylic acids is 1. The second-order valence-electron chi connectivity index (χ2n) is 5.14. The van der Waals surface area contributed by atoms with E-state index in [-0.39, 0.29) is 42.3 Å². The Morgan fingerprint density at radius 3 is 2.77 bits per heavy atom. The van der Waals surface area contributed by atoms with Crippen molar-refractivity contribution in [2.45, 2.75) is 26.1 Å². The van der Waals surface area contributed by atoms with E-state index in [4.69, 9.17) is 20.3 Å². The Morgan fingerprint density at radius 1 is 1.50 bits per heavy atom. The molecule has 0 bridgehead atoms. The van der Waals surface area contributed by atoms with Gasteiger partial charge in [0.1, 0.15) is 11.8 Å². The largest absolute Gasteiger partial charge is 0.506 e. The molecule has 1 atom stereocenters. The summed E-state index contributed by atoms with van der Waals surface area (Å²) >= 11 is 0. The first kappa shape index (κ1) is 22.0. The van der Waals surface area contributed by atoms with E-state index in [1.165, 1.54) is 25.5 Å². The summed E-state index contributed by atoms with van der Waals surface area (Å²) in [6.07, 6.45) is 3.75. The van der Waals surface area contributed by atoms with Crippen LogP contribution in [0.25, 0.3) is 0 Å². The highest BCUT2D eigenvalue weighted by molar-refractivity contribution is 7.46. The number of ether oxygens (including phenoxy) is 1. The number of nitrogens with one attached hydrogen (secondary N) is 1. The maximum absolute atomic E-state index is 11.3. The number of carboxylic acids is 1. The summed E-state index contributed by atoms with van der Waals surface area (Å²) in [4.78, 5) is 32.8. The number of aromatic nitrogens is 1. The summed E-state index contributed by atoms with van der Waals surface area (Å²) in [5.41, 5.74) is 5.95. The van der Waals surface area contributed by atoms with Crippen LogP contribution in [0.2, 0.25) is 0 Å². The van der Waals surface area contributed by atoms with E-state index in [1.54, 1.807) is 0 Å². The maximum atomic E-state index is 11.3. The first-order valence-corrected chi connectivity index (χ1v) is 8.99. The molecular weight excluding hydrogens is 369 g/mol. The Kier molecular flexibility index (Phi) is 8.66. The number of hydrogen-bond acceptors (Lipinski definition) is 8. The van der Waals surface area contributed by atoms with Crippen molar-refractivity contribution in [3.63, 3.8) is 0 Å². The molecule has 1 heterocycles. The molecule has 0 fully saturated rings. The van der Waals surface area contributed by atoms with Crippen molar-refractivity contribution in [3.8, 4) is 5.75 Å². The van der Waals surface area contributed by atoms with E-state index >= 15 is 0 Å². The molecule has 0 aliphatic heterocycles. The first-order valence-electron chi connectivity index (χ1n) is 7.46. The average molecular weight is 391 g/mol. The van der Waals surface area contributed by atoms with E-state index < -0.39 is 26.4 Å². The zero-order valence-electron chi connectivity index (χ0n) is 14.0. The molecule has 1 aromatic heterocycles. The number of carboxylic acid groups (broad SMARTS) is 1. The molecule has 0 saturated carbocycles. The topological polar surface area (TPSA) is 184 Å². The molecular formula is C14H22N3O8P. The number of carbonyl (C=O) groups is 1. The van der Waals surface area contributed by atoms with E-state index in [1.807, 2.05) is 0 Å². The Bertz CT molecular complexity index is 691. The quantitative estimate of drug-likeness (QED) is 0.166. The summed E-state index contributed by atoms with van der Waals surface area (Å²) in [6, 6.07) is -1.13. The molecule has 146 valence electrons. The van der Waals surface area contributed by atoms with Gasteiger partial charge in [0.05, 0.1) is 25.2 Å². The number of pyridine rings is 1. The number of hydrogen-bond donors (Lipinski definition) is 6. The van der Waals surface area contributed by atoms with Gasteiger partial charge in [0.2, 0.25) is 0 Å². The minimum Gasteiger partial charge on any atom is -0.506 e. The van der Waals surface area contributed by atoms with Crippen LogP contribution in [0.3, 0.4) is 0 Å². The lowest BCUT2D eigenvalue weighted by Gasteiger charge is -2.16. The molecule has 1 unspecified atom stereocenters. The van der Waals surface area contributed by atoms with Gasteiger partial charge in [-0.05, 0) is 13.0 Å². The van der Waals surface area contributed by atoms with Crippen LogP contribution in [-0.2, 0) is 31.8 Å². The van der Waals surface area contributed by atoms with E-state index in [9.17, 15) is 19.6 Å². The summed E-state index contributed by atoms with van der Waals surface area (Å²) in [7, 11) is -4.72. The first-order chi connectivity index (χ1) is 12.2. The van der Waals surface area contributed by atoms with Crippen molar-refractivity contribution in [3.05, 3.63) is 35.4 Å². The Labute approximate surface area is 149 Å². The number of phosphoric acid groups is 1. The van der Waals surface area contributed by atoms with Crippen LogP contribution in [0, 0.1) is 6.92 Å². The molecule has 12 heteroatoms. The highest BCUT2D eigenvalue weighted by atomic mass is 31.2. The van der Waals surface area contributed by atoms with E-state index in [0.29, 0.717) is 0 Å². The van der Waals surface area contributed by atoms with Gasteiger partial charge in [-0.15, -0.1) is 0 Å². The molecule has 0 radical (unpaired) electrons. The Morgan fingerprint density at radius 2 is 2.19 bits per heavy atom. The third-order valence-electron chi connectivity index (χ3n) is 3.19. The van der Waals surface area contributed by atoms with Crippen LogP contribution >= 0.6 is 7.82 Å². The lowest BCUT2D eigenvalue weighted by molar-refractivity contribution is -0.138.